The molecular formula is C13H9ClN2O5. The molecule has 0 unspecified atom stereocenters. The van der Waals surface area contributed by atoms with Crippen LogP contribution in [0.3, 0.4) is 0 Å². The van der Waals surface area contributed by atoms with Gasteiger partial charge in [0.2, 0.25) is 0 Å². The Hall–Kier alpha value is -2.67. The number of nitro groups is 1. The molecule has 0 spiro atoms. The molecule has 0 saturated heterocycles. The van der Waals surface area contributed by atoms with Gasteiger partial charge in [0.1, 0.15) is 12.4 Å². The summed E-state index contributed by atoms with van der Waals surface area (Å²) >= 11 is 5.88. The number of nitro benzene ring substituents is 1. The van der Waals surface area contributed by atoms with Crippen molar-refractivity contribution < 1.29 is 19.6 Å². The third-order valence-electron chi connectivity index (χ3n) is 2.60. The van der Waals surface area contributed by atoms with E-state index in [1.807, 2.05) is 0 Å². The van der Waals surface area contributed by atoms with E-state index < -0.39 is 10.9 Å². The molecule has 0 amide bonds. The first-order valence-corrected chi connectivity index (χ1v) is 6.10. The molecule has 1 N–H and O–H groups in total. The van der Waals surface area contributed by atoms with Crippen LogP contribution in [0.15, 0.2) is 36.5 Å². The molecule has 0 aliphatic heterocycles. The van der Waals surface area contributed by atoms with Crippen molar-refractivity contribution in [2.24, 2.45) is 0 Å². The fraction of sp³-hybridized carbons (Fsp3) is 0.0769. The third-order valence-corrected chi connectivity index (χ3v) is 2.90. The second kappa shape index (κ2) is 6.19. The summed E-state index contributed by atoms with van der Waals surface area (Å²) in [5.41, 5.74) is 0.106. The molecule has 1 aromatic heterocycles. The van der Waals surface area contributed by atoms with Gasteiger partial charge in [-0.05, 0) is 12.1 Å². The molecule has 2 aromatic rings. The van der Waals surface area contributed by atoms with Crippen molar-refractivity contribution in [3.63, 3.8) is 0 Å². The topological polar surface area (TPSA) is 103 Å². The first-order valence-electron chi connectivity index (χ1n) is 5.73. The molecule has 0 radical (unpaired) electrons. The summed E-state index contributed by atoms with van der Waals surface area (Å²) in [6.45, 7) is -0.0625. The van der Waals surface area contributed by atoms with Gasteiger partial charge < -0.3 is 9.84 Å². The maximum absolute atomic E-state index is 11.0. The Morgan fingerprint density at radius 3 is 2.81 bits per heavy atom. The Kier molecular flexibility index (Phi) is 4.34. The predicted octanol–water partition coefficient (Wildman–Crippen LogP) is 2.92. The molecule has 108 valence electrons. The number of carbonyl (C=O) groups is 1. The van der Waals surface area contributed by atoms with Crippen molar-refractivity contribution in [2.45, 2.75) is 6.61 Å². The van der Waals surface area contributed by atoms with E-state index in [0.29, 0.717) is 5.56 Å². The molecule has 7 nitrogen and oxygen atoms in total. The molecule has 2 rings (SSSR count). The molecule has 0 atom stereocenters. The summed E-state index contributed by atoms with van der Waals surface area (Å²) in [7, 11) is 0. The molecule has 0 bridgehead atoms. The van der Waals surface area contributed by atoms with Crippen LogP contribution in [0, 0.1) is 10.1 Å². The number of benzene rings is 1. The summed E-state index contributed by atoms with van der Waals surface area (Å²) in [6, 6.07) is 6.93. The lowest BCUT2D eigenvalue weighted by molar-refractivity contribution is -0.384. The van der Waals surface area contributed by atoms with Crippen LogP contribution >= 0.6 is 11.6 Å². The summed E-state index contributed by atoms with van der Waals surface area (Å²) in [6.07, 6.45) is 1.37. The number of pyridine rings is 1. The number of aromatic nitrogens is 1. The maximum Gasteiger partial charge on any atom is 0.354 e. The lowest BCUT2D eigenvalue weighted by Gasteiger charge is -2.09. The lowest BCUT2D eigenvalue weighted by Crippen LogP contribution is -2.08. The number of halogens is 1. The molecular weight excluding hydrogens is 300 g/mol. The van der Waals surface area contributed by atoms with E-state index in [2.05, 4.69) is 4.98 Å². The fourth-order valence-corrected chi connectivity index (χ4v) is 1.85. The van der Waals surface area contributed by atoms with E-state index in [-0.39, 0.29) is 28.8 Å². The Morgan fingerprint density at radius 1 is 1.43 bits per heavy atom. The molecule has 0 aliphatic rings. The highest BCUT2D eigenvalue weighted by atomic mass is 35.5. The second-order valence-corrected chi connectivity index (χ2v) is 4.38. The Labute approximate surface area is 123 Å². The van der Waals surface area contributed by atoms with Crippen molar-refractivity contribution in [1.82, 2.24) is 4.98 Å². The van der Waals surface area contributed by atoms with E-state index in [9.17, 15) is 14.9 Å². The first kappa shape index (κ1) is 14.7. The second-order valence-electron chi connectivity index (χ2n) is 3.98. The van der Waals surface area contributed by atoms with E-state index in [4.69, 9.17) is 21.4 Å². The molecule has 0 fully saturated rings. The van der Waals surface area contributed by atoms with Crippen LogP contribution in [0.5, 0.6) is 5.75 Å². The largest absolute Gasteiger partial charge is 0.487 e. The zero-order valence-corrected chi connectivity index (χ0v) is 11.3. The highest BCUT2D eigenvalue weighted by Gasteiger charge is 2.14. The SMILES string of the molecule is O=C(O)c1ncccc1COc1ccc([N+](=O)[O-])cc1Cl. The van der Waals surface area contributed by atoms with E-state index in [1.54, 1.807) is 12.1 Å². The highest BCUT2D eigenvalue weighted by Crippen LogP contribution is 2.29. The smallest absolute Gasteiger partial charge is 0.354 e. The monoisotopic (exact) mass is 308 g/mol. The number of carboxylic acid groups (broad SMARTS) is 1. The van der Waals surface area contributed by atoms with Gasteiger partial charge in [-0.3, -0.25) is 10.1 Å². The van der Waals surface area contributed by atoms with Crippen LogP contribution in [0.2, 0.25) is 5.02 Å². The van der Waals surface area contributed by atoms with E-state index >= 15 is 0 Å². The molecule has 0 aliphatic carbocycles. The van der Waals surface area contributed by atoms with Crippen molar-refractivity contribution in [2.75, 3.05) is 0 Å². The standard InChI is InChI=1S/C13H9ClN2O5/c14-10-6-9(16(19)20)3-4-11(10)21-7-8-2-1-5-15-12(8)13(17)18/h1-6H,7H2,(H,17,18). The number of non-ortho nitro benzene ring substituents is 1. The number of carboxylic acids is 1. The summed E-state index contributed by atoms with van der Waals surface area (Å²) in [4.78, 5) is 24.8. The van der Waals surface area contributed by atoms with Gasteiger partial charge in [-0.1, -0.05) is 17.7 Å². The summed E-state index contributed by atoms with van der Waals surface area (Å²) in [5, 5.41) is 19.7. The Morgan fingerprint density at radius 2 is 2.19 bits per heavy atom. The van der Waals surface area contributed by atoms with Gasteiger partial charge in [0.05, 0.1) is 9.95 Å². The van der Waals surface area contributed by atoms with E-state index in [0.717, 1.165) is 6.07 Å². The minimum Gasteiger partial charge on any atom is -0.487 e. The average Bonchev–Trinajstić information content (AvgIpc) is 2.46. The van der Waals surface area contributed by atoms with Gasteiger partial charge in [0, 0.05) is 23.9 Å². The first-order chi connectivity index (χ1) is 9.99. The number of hydrogen-bond acceptors (Lipinski definition) is 5. The summed E-state index contributed by atoms with van der Waals surface area (Å²) in [5.74, 6) is -0.938. The van der Waals surface area contributed by atoms with Crippen LogP contribution in [0.4, 0.5) is 5.69 Å². The van der Waals surface area contributed by atoms with Gasteiger partial charge in [-0.2, -0.15) is 0 Å². The third kappa shape index (κ3) is 3.46. The lowest BCUT2D eigenvalue weighted by atomic mass is 10.2. The number of ether oxygens (including phenoxy) is 1. The van der Waals surface area contributed by atoms with Gasteiger partial charge in [-0.25, -0.2) is 9.78 Å². The predicted molar refractivity (Wildman–Crippen MR) is 73.6 cm³/mol. The average molecular weight is 309 g/mol. The van der Waals surface area contributed by atoms with Gasteiger partial charge in [0.15, 0.2) is 5.69 Å². The molecule has 1 aromatic carbocycles. The molecule has 8 heteroatoms. The van der Waals surface area contributed by atoms with Gasteiger partial charge >= 0.3 is 5.97 Å². The summed E-state index contributed by atoms with van der Waals surface area (Å²) < 4.78 is 5.39. The van der Waals surface area contributed by atoms with E-state index in [1.165, 1.54) is 18.3 Å². The Bertz CT molecular complexity index is 705. The van der Waals surface area contributed by atoms with Crippen LogP contribution in [0.1, 0.15) is 16.1 Å². The normalized spacial score (nSPS) is 10.1. The molecule has 21 heavy (non-hydrogen) atoms. The van der Waals surface area contributed by atoms with Crippen molar-refractivity contribution in [1.29, 1.82) is 0 Å². The highest BCUT2D eigenvalue weighted by molar-refractivity contribution is 6.32. The zero-order chi connectivity index (χ0) is 15.4. The van der Waals surface area contributed by atoms with Crippen molar-refractivity contribution in [3.8, 4) is 5.75 Å². The Balaban J connectivity index is 2.17. The molecule has 0 saturated carbocycles. The van der Waals surface area contributed by atoms with Crippen molar-refractivity contribution >= 4 is 23.3 Å². The number of hydrogen-bond donors (Lipinski definition) is 1. The number of rotatable bonds is 5. The van der Waals surface area contributed by atoms with Crippen LogP contribution in [-0.4, -0.2) is 21.0 Å². The van der Waals surface area contributed by atoms with Gasteiger partial charge in [0.25, 0.3) is 5.69 Å². The van der Waals surface area contributed by atoms with Crippen LogP contribution in [-0.2, 0) is 6.61 Å². The quantitative estimate of drug-likeness (QED) is 0.673. The van der Waals surface area contributed by atoms with Crippen LogP contribution in [0.25, 0.3) is 0 Å². The van der Waals surface area contributed by atoms with Crippen LogP contribution < -0.4 is 4.74 Å². The fourth-order valence-electron chi connectivity index (χ4n) is 1.62. The number of nitrogens with zero attached hydrogens (tertiary/aromatic N) is 2. The molecule has 1 heterocycles. The minimum atomic E-state index is -1.16. The minimum absolute atomic E-state index is 0.0625. The van der Waals surface area contributed by atoms with Crippen molar-refractivity contribution in [3.05, 3.63) is 62.9 Å². The maximum atomic E-state index is 11.0. The van der Waals surface area contributed by atoms with Gasteiger partial charge in [-0.15, -0.1) is 0 Å². The zero-order valence-electron chi connectivity index (χ0n) is 10.5. The number of aromatic carboxylic acids is 1.